The van der Waals surface area contributed by atoms with Crippen molar-refractivity contribution in [2.24, 2.45) is 5.16 Å². The van der Waals surface area contributed by atoms with Crippen LogP contribution in [0.5, 0.6) is 11.5 Å². The van der Waals surface area contributed by atoms with E-state index in [-0.39, 0.29) is 13.4 Å². The van der Waals surface area contributed by atoms with Crippen LogP contribution in [0.2, 0.25) is 5.02 Å². The minimum absolute atomic E-state index is 0.209. The van der Waals surface area contributed by atoms with Crippen LogP contribution in [0.4, 0.5) is 0 Å². The molecular weight excluding hydrogens is 310 g/mol. The summed E-state index contributed by atoms with van der Waals surface area (Å²) < 4.78 is 15.3. The molecule has 1 aliphatic heterocycles. The van der Waals surface area contributed by atoms with E-state index in [0.29, 0.717) is 22.2 Å². The number of rotatable bonds is 3. The number of aromatic nitrogens is 2. The molecule has 0 spiro atoms. The molecule has 0 bridgehead atoms. The fourth-order valence-electron chi connectivity index (χ4n) is 2.47. The Morgan fingerprint density at radius 3 is 2.95 bits per heavy atom. The van der Waals surface area contributed by atoms with Crippen molar-refractivity contribution in [3.8, 4) is 11.5 Å². The van der Waals surface area contributed by atoms with Crippen molar-refractivity contribution < 1.29 is 18.9 Å². The summed E-state index contributed by atoms with van der Waals surface area (Å²) in [4.78, 5) is 5.42. The first kappa shape index (κ1) is 13.4. The summed E-state index contributed by atoms with van der Waals surface area (Å²) >= 11 is 6.19. The molecule has 1 aromatic carbocycles. The van der Waals surface area contributed by atoms with Crippen molar-refractivity contribution in [2.75, 3.05) is 6.79 Å². The molecule has 2 aliphatic rings. The Bertz CT molecular complexity index is 744. The Labute approximate surface area is 130 Å². The van der Waals surface area contributed by atoms with Gasteiger partial charge in [-0.25, -0.2) is 4.63 Å². The number of hydrogen-bond donors (Lipinski definition) is 0. The van der Waals surface area contributed by atoms with E-state index in [4.69, 9.17) is 30.5 Å². The van der Waals surface area contributed by atoms with Gasteiger partial charge in [-0.05, 0) is 30.5 Å². The maximum atomic E-state index is 6.19. The van der Waals surface area contributed by atoms with Gasteiger partial charge in [-0.2, -0.15) is 0 Å². The Morgan fingerprint density at radius 2 is 2.05 bits per heavy atom. The third-order valence-electron chi connectivity index (χ3n) is 3.59. The number of nitrogens with zero attached hydrogens (tertiary/aromatic N) is 3. The number of halogens is 1. The summed E-state index contributed by atoms with van der Waals surface area (Å²) in [6.45, 7) is 0.444. The molecule has 4 rings (SSSR count). The van der Waals surface area contributed by atoms with E-state index in [1.54, 1.807) is 12.1 Å². The molecule has 0 radical (unpaired) electrons. The second-order valence-corrected chi connectivity index (χ2v) is 5.43. The second-order valence-electron chi connectivity index (χ2n) is 5.02. The van der Waals surface area contributed by atoms with Crippen molar-refractivity contribution >= 4 is 17.3 Å². The van der Waals surface area contributed by atoms with E-state index >= 15 is 0 Å². The van der Waals surface area contributed by atoms with Gasteiger partial charge in [0.2, 0.25) is 6.79 Å². The van der Waals surface area contributed by atoms with Gasteiger partial charge in [0.05, 0.1) is 5.02 Å². The zero-order valence-electron chi connectivity index (χ0n) is 11.5. The number of aryl methyl sites for hydroxylation is 1. The van der Waals surface area contributed by atoms with Crippen LogP contribution in [-0.4, -0.2) is 22.8 Å². The third-order valence-corrected chi connectivity index (χ3v) is 3.95. The second kappa shape index (κ2) is 5.49. The molecule has 0 saturated carbocycles. The number of benzene rings is 1. The number of hydrogen-bond acceptors (Lipinski definition) is 7. The highest BCUT2D eigenvalue weighted by Gasteiger charge is 2.22. The minimum Gasteiger partial charge on any atom is -0.454 e. The van der Waals surface area contributed by atoms with Crippen LogP contribution in [0.25, 0.3) is 0 Å². The highest BCUT2D eigenvalue weighted by Crippen LogP contribution is 2.37. The maximum Gasteiger partial charge on any atom is 0.231 e. The topological polar surface area (TPSA) is 79.0 Å². The Hall–Kier alpha value is -2.28. The fourth-order valence-corrected chi connectivity index (χ4v) is 2.68. The molecule has 1 aromatic heterocycles. The third kappa shape index (κ3) is 2.37. The Morgan fingerprint density at radius 1 is 1.18 bits per heavy atom. The van der Waals surface area contributed by atoms with Crippen LogP contribution in [0.15, 0.2) is 21.9 Å². The summed E-state index contributed by atoms with van der Waals surface area (Å²) in [7, 11) is 0. The van der Waals surface area contributed by atoms with Gasteiger partial charge in [0.15, 0.2) is 17.2 Å². The van der Waals surface area contributed by atoms with Gasteiger partial charge in [0.25, 0.3) is 0 Å². The van der Waals surface area contributed by atoms with Gasteiger partial charge < -0.3 is 14.3 Å². The van der Waals surface area contributed by atoms with E-state index in [2.05, 4.69) is 15.5 Å². The molecule has 1 aliphatic carbocycles. The smallest absolute Gasteiger partial charge is 0.231 e. The molecular formula is C14H12ClN3O4. The predicted octanol–water partition coefficient (Wildman–Crippen LogP) is 2.71. The van der Waals surface area contributed by atoms with Gasteiger partial charge in [0, 0.05) is 11.6 Å². The first-order valence-electron chi connectivity index (χ1n) is 6.90. The van der Waals surface area contributed by atoms with Crippen LogP contribution in [0, 0.1) is 0 Å². The van der Waals surface area contributed by atoms with E-state index in [1.807, 2.05) is 0 Å². The zero-order chi connectivity index (χ0) is 14.9. The fraction of sp³-hybridized carbons (Fsp3) is 0.357. The van der Waals surface area contributed by atoms with Crippen LogP contribution >= 0.6 is 11.6 Å². The number of oxime groups is 1. The lowest BCUT2D eigenvalue weighted by Gasteiger charge is -2.10. The van der Waals surface area contributed by atoms with E-state index < -0.39 is 0 Å². The van der Waals surface area contributed by atoms with Crippen molar-refractivity contribution in [1.82, 2.24) is 10.3 Å². The number of fused-ring (bicyclic) bond motifs is 2. The molecule has 0 N–H and O–H groups in total. The zero-order valence-corrected chi connectivity index (χ0v) is 12.3. The molecule has 0 atom stereocenters. The molecule has 0 saturated heterocycles. The highest BCUT2D eigenvalue weighted by atomic mass is 35.5. The SMILES string of the molecule is Clc1cc2c(cc1CO/N=C1/CCCc3nonc31)OCO2. The molecule has 0 fully saturated rings. The molecule has 22 heavy (non-hydrogen) atoms. The normalized spacial score (nSPS) is 17.6. The first-order chi connectivity index (χ1) is 10.8. The lowest BCUT2D eigenvalue weighted by Crippen LogP contribution is -2.12. The lowest BCUT2D eigenvalue weighted by atomic mass is 9.99. The average Bonchev–Trinajstić information content (AvgIpc) is 3.16. The number of ether oxygens (including phenoxy) is 2. The average molecular weight is 322 g/mol. The lowest BCUT2D eigenvalue weighted by molar-refractivity contribution is 0.129. The van der Waals surface area contributed by atoms with E-state index in [0.717, 1.165) is 36.2 Å². The van der Waals surface area contributed by atoms with Gasteiger partial charge in [-0.3, -0.25) is 0 Å². The van der Waals surface area contributed by atoms with E-state index in [1.165, 1.54) is 0 Å². The molecule has 2 heterocycles. The largest absolute Gasteiger partial charge is 0.454 e. The van der Waals surface area contributed by atoms with Crippen molar-refractivity contribution in [2.45, 2.75) is 25.9 Å². The molecule has 114 valence electrons. The predicted molar refractivity (Wildman–Crippen MR) is 76.1 cm³/mol. The summed E-state index contributed by atoms with van der Waals surface area (Å²) in [6, 6.07) is 3.52. The monoisotopic (exact) mass is 321 g/mol. The van der Waals surface area contributed by atoms with Crippen LogP contribution in [-0.2, 0) is 17.9 Å². The summed E-state index contributed by atoms with van der Waals surface area (Å²) in [5.41, 5.74) is 3.04. The van der Waals surface area contributed by atoms with Crippen LogP contribution < -0.4 is 9.47 Å². The van der Waals surface area contributed by atoms with Gasteiger partial charge in [-0.1, -0.05) is 21.9 Å². The highest BCUT2D eigenvalue weighted by molar-refractivity contribution is 6.31. The molecule has 8 heteroatoms. The minimum atomic E-state index is 0.209. The first-order valence-corrected chi connectivity index (χ1v) is 7.28. The molecule has 2 aromatic rings. The van der Waals surface area contributed by atoms with Crippen molar-refractivity contribution in [3.05, 3.63) is 34.1 Å². The summed E-state index contributed by atoms with van der Waals surface area (Å²) in [6.07, 6.45) is 2.59. The quantitative estimate of drug-likeness (QED) is 0.809. The molecule has 0 amide bonds. The van der Waals surface area contributed by atoms with Crippen LogP contribution in [0.1, 0.15) is 29.8 Å². The Balaban J connectivity index is 1.49. The van der Waals surface area contributed by atoms with Gasteiger partial charge >= 0.3 is 0 Å². The standard InChI is InChI=1S/C14H12ClN3O4/c15-9-5-13-12(19-7-20-13)4-8(9)6-21-16-10-2-1-3-11-14(10)18-22-17-11/h4-5H,1-3,6-7H2/b16-10-. The van der Waals surface area contributed by atoms with Gasteiger partial charge in [-0.15, -0.1) is 0 Å². The Kier molecular flexibility index (Phi) is 3.34. The van der Waals surface area contributed by atoms with Gasteiger partial charge in [0.1, 0.15) is 18.0 Å². The maximum absolute atomic E-state index is 6.19. The summed E-state index contributed by atoms with van der Waals surface area (Å²) in [5, 5.41) is 12.4. The van der Waals surface area contributed by atoms with Crippen LogP contribution in [0.3, 0.4) is 0 Å². The van der Waals surface area contributed by atoms with Crippen molar-refractivity contribution in [3.63, 3.8) is 0 Å². The van der Waals surface area contributed by atoms with Crippen molar-refractivity contribution in [1.29, 1.82) is 0 Å². The van der Waals surface area contributed by atoms with E-state index in [9.17, 15) is 0 Å². The summed E-state index contributed by atoms with van der Waals surface area (Å²) in [5.74, 6) is 1.31. The molecule has 0 unspecified atom stereocenters. The molecule has 7 nitrogen and oxygen atoms in total.